The van der Waals surface area contributed by atoms with Crippen LogP contribution in [0.2, 0.25) is 0 Å². The number of ketones is 1. The summed E-state index contributed by atoms with van der Waals surface area (Å²) in [4.78, 5) is 23.4. The third-order valence-corrected chi connectivity index (χ3v) is 4.22. The Balaban J connectivity index is 1.82. The first-order chi connectivity index (χ1) is 10.1. The maximum absolute atomic E-state index is 12.1. The van der Waals surface area contributed by atoms with Crippen LogP contribution in [-0.4, -0.2) is 24.8 Å². The zero-order valence-electron chi connectivity index (χ0n) is 12.9. The minimum Gasteiger partial charge on any atom is -0.326 e. The molecule has 0 aliphatic carbocycles. The smallest absolute Gasteiger partial charge is 0.228 e. The average molecular weight is 288 g/mol. The first kappa shape index (κ1) is 15.7. The lowest BCUT2D eigenvalue weighted by atomic mass is 9.99. The van der Waals surface area contributed by atoms with E-state index in [1.165, 1.54) is 12.8 Å². The summed E-state index contributed by atoms with van der Waals surface area (Å²) in [6.07, 6.45) is 3.87. The van der Waals surface area contributed by atoms with Crippen molar-refractivity contribution in [2.24, 2.45) is 5.92 Å². The molecule has 0 aromatic heterocycles. The van der Waals surface area contributed by atoms with Crippen LogP contribution in [-0.2, 0) is 11.2 Å². The van der Waals surface area contributed by atoms with Gasteiger partial charge in [0.15, 0.2) is 5.78 Å². The number of fused-ring (bicyclic) bond motifs is 1. The van der Waals surface area contributed by atoms with E-state index in [1.54, 1.807) is 6.07 Å². The fourth-order valence-electron chi connectivity index (χ4n) is 2.71. The van der Waals surface area contributed by atoms with Gasteiger partial charge in [0.1, 0.15) is 0 Å². The van der Waals surface area contributed by atoms with Gasteiger partial charge < -0.3 is 10.6 Å². The van der Waals surface area contributed by atoms with Gasteiger partial charge in [-0.15, -0.1) is 0 Å². The molecule has 1 aliphatic heterocycles. The van der Waals surface area contributed by atoms with Crippen molar-refractivity contribution in [1.29, 1.82) is 0 Å². The lowest BCUT2D eigenvalue weighted by Gasteiger charge is -2.12. The number of rotatable bonds is 8. The molecule has 0 spiro atoms. The minimum atomic E-state index is -0.00195. The molecule has 2 N–H and O–H groups in total. The third-order valence-electron chi connectivity index (χ3n) is 4.22. The predicted octanol–water partition coefficient (Wildman–Crippen LogP) is 2.78. The fraction of sp³-hybridized carbons (Fsp3) is 0.529. The monoisotopic (exact) mass is 288 g/mol. The van der Waals surface area contributed by atoms with Gasteiger partial charge in [-0.3, -0.25) is 9.59 Å². The normalized spacial score (nSPS) is 13.4. The highest BCUT2D eigenvalue weighted by Crippen LogP contribution is 2.23. The molecule has 0 saturated carbocycles. The van der Waals surface area contributed by atoms with Crippen molar-refractivity contribution in [2.75, 3.05) is 18.4 Å². The second-order valence-electron chi connectivity index (χ2n) is 5.67. The summed E-state index contributed by atoms with van der Waals surface area (Å²) in [5.74, 6) is 0.823. The van der Waals surface area contributed by atoms with Crippen molar-refractivity contribution in [3.63, 3.8) is 0 Å². The molecule has 4 nitrogen and oxygen atoms in total. The van der Waals surface area contributed by atoms with E-state index in [0.717, 1.165) is 30.1 Å². The molecule has 0 atom stereocenters. The highest BCUT2D eigenvalue weighted by atomic mass is 16.1. The topological polar surface area (TPSA) is 58.2 Å². The lowest BCUT2D eigenvalue weighted by molar-refractivity contribution is -0.115. The molecule has 1 amide bonds. The molecule has 1 aromatic carbocycles. The molecule has 1 aromatic rings. The van der Waals surface area contributed by atoms with Gasteiger partial charge in [-0.1, -0.05) is 26.7 Å². The predicted molar refractivity (Wildman–Crippen MR) is 84.7 cm³/mol. The first-order valence-corrected chi connectivity index (χ1v) is 7.80. The number of anilines is 1. The molecule has 0 fully saturated rings. The Kier molecular flexibility index (Phi) is 5.51. The summed E-state index contributed by atoms with van der Waals surface area (Å²) < 4.78 is 0. The van der Waals surface area contributed by atoms with Crippen LogP contribution < -0.4 is 10.6 Å². The summed E-state index contributed by atoms with van der Waals surface area (Å²) in [7, 11) is 0. The summed E-state index contributed by atoms with van der Waals surface area (Å²) in [6.45, 7) is 5.65. The minimum absolute atomic E-state index is 0.00195. The highest BCUT2D eigenvalue weighted by molar-refractivity contribution is 6.02. The Morgan fingerprint density at radius 3 is 2.81 bits per heavy atom. The van der Waals surface area contributed by atoms with Gasteiger partial charge >= 0.3 is 0 Å². The number of amides is 1. The van der Waals surface area contributed by atoms with E-state index < -0.39 is 0 Å². The second-order valence-corrected chi connectivity index (χ2v) is 5.67. The average Bonchev–Trinajstić information content (AvgIpc) is 2.86. The van der Waals surface area contributed by atoms with E-state index in [2.05, 4.69) is 24.5 Å². The number of benzene rings is 1. The van der Waals surface area contributed by atoms with Crippen molar-refractivity contribution in [2.45, 2.75) is 39.5 Å². The Morgan fingerprint density at radius 2 is 2.10 bits per heavy atom. The van der Waals surface area contributed by atoms with Crippen molar-refractivity contribution < 1.29 is 9.59 Å². The number of hydrogen-bond acceptors (Lipinski definition) is 3. The van der Waals surface area contributed by atoms with E-state index >= 15 is 0 Å². The number of carbonyl (C=O) groups excluding carboxylic acids is 2. The Morgan fingerprint density at radius 1 is 1.33 bits per heavy atom. The molecule has 0 bridgehead atoms. The summed E-state index contributed by atoms with van der Waals surface area (Å²) >= 11 is 0. The standard InChI is InChI=1S/C17H24N2O2/c1-3-12(4-2)7-8-18-11-16(20)13-5-6-15-14(9-13)10-17(21)19-15/h5-6,9,12,18H,3-4,7-8,10-11H2,1-2H3,(H,19,21). The van der Waals surface area contributed by atoms with E-state index in [0.29, 0.717) is 18.5 Å². The van der Waals surface area contributed by atoms with Crippen molar-refractivity contribution in [3.8, 4) is 0 Å². The number of carbonyl (C=O) groups is 2. The maximum atomic E-state index is 12.1. The van der Waals surface area contributed by atoms with Gasteiger partial charge in [0.2, 0.25) is 5.91 Å². The van der Waals surface area contributed by atoms with Gasteiger partial charge in [-0.2, -0.15) is 0 Å². The molecule has 1 heterocycles. The van der Waals surface area contributed by atoms with Crippen LogP contribution in [0.25, 0.3) is 0 Å². The molecular weight excluding hydrogens is 264 g/mol. The molecule has 0 radical (unpaired) electrons. The van der Waals surface area contributed by atoms with Gasteiger partial charge in [0.05, 0.1) is 13.0 Å². The molecule has 21 heavy (non-hydrogen) atoms. The number of Topliss-reactive ketones (excluding diaryl/α,β-unsaturated/α-hetero) is 1. The number of hydrogen-bond donors (Lipinski definition) is 2. The van der Waals surface area contributed by atoms with E-state index in [1.807, 2.05) is 12.1 Å². The van der Waals surface area contributed by atoms with Gasteiger partial charge in [-0.05, 0) is 42.6 Å². The second kappa shape index (κ2) is 7.36. The third kappa shape index (κ3) is 4.14. The Labute approximate surface area is 126 Å². The SMILES string of the molecule is CCC(CC)CCNCC(=O)c1ccc2c(c1)CC(=O)N2. The quantitative estimate of drug-likeness (QED) is 0.571. The van der Waals surface area contributed by atoms with Crippen molar-refractivity contribution >= 4 is 17.4 Å². The lowest BCUT2D eigenvalue weighted by Crippen LogP contribution is -2.25. The van der Waals surface area contributed by atoms with E-state index in [9.17, 15) is 9.59 Å². The molecule has 4 heteroatoms. The van der Waals surface area contributed by atoms with Crippen molar-refractivity contribution in [1.82, 2.24) is 5.32 Å². The number of nitrogens with one attached hydrogen (secondary N) is 2. The summed E-state index contributed by atoms with van der Waals surface area (Å²) in [5.41, 5.74) is 2.43. The van der Waals surface area contributed by atoms with Crippen molar-refractivity contribution in [3.05, 3.63) is 29.3 Å². The summed E-state index contributed by atoms with van der Waals surface area (Å²) in [6, 6.07) is 5.44. The molecular formula is C17H24N2O2. The van der Waals surface area contributed by atoms with Gasteiger partial charge in [0.25, 0.3) is 0 Å². The van der Waals surface area contributed by atoms with Gasteiger partial charge in [-0.25, -0.2) is 0 Å². The van der Waals surface area contributed by atoms with E-state index in [4.69, 9.17) is 0 Å². The van der Waals surface area contributed by atoms with Gasteiger partial charge in [0, 0.05) is 11.3 Å². The first-order valence-electron chi connectivity index (χ1n) is 7.80. The maximum Gasteiger partial charge on any atom is 0.228 e. The van der Waals surface area contributed by atoms with Crippen LogP contribution >= 0.6 is 0 Å². The Bertz CT molecular complexity index is 522. The molecule has 0 saturated heterocycles. The molecule has 2 rings (SSSR count). The van der Waals surface area contributed by atoms with Crippen LogP contribution in [0.1, 0.15) is 49.0 Å². The molecule has 0 unspecified atom stereocenters. The highest BCUT2D eigenvalue weighted by Gasteiger charge is 2.18. The summed E-state index contributed by atoms with van der Waals surface area (Å²) in [5, 5.41) is 6.00. The zero-order chi connectivity index (χ0) is 15.2. The van der Waals surface area contributed by atoms with Crippen LogP contribution in [0.15, 0.2) is 18.2 Å². The zero-order valence-corrected chi connectivity index (χ0v) is 12.9. The Hall–Kier alpha value is -1.68. The molecule has 1 aliphatic rings. The van der Waals surface area contributed by atoms with Crippen LogP contribution in [0.4, 0.5) is 5.69 Å². The largest absolute Gasteiger partial charge is 0.326 e. The van der Waals surface area contributed by atoms with E-state index in [-0.39, 0.29) is 11.7 Å². The van der Waals surface area contributed by atoms with Crippen LogP contribution in [0, 0.1) is 5.92 Å². The fourth-order valence-corrected chi connectivity index (χ4v) is 2.71. The van der Waals surface area contributed by atoms with Crippen LogP contribution in [0.3, 0.4) is 0 Å². The molecule has 114 valence electrons. The van der Waals surface area contributed by atoms with Crippen LogP contribution in [0.5, 0.6) is 0 Å².